The Bertz CT molecular complexity index is 877. The summed E-state index contributed by atoms with van der Waals surface area (Å²) in [6, 6.07) is 5.73. The first-order valence-corrected chi connectivity index (χ1v) is 9.05. The highest BCUT2D eigenvalue weighted by atomic mass is 16.5. The van der Waals surface area contributed by atoms with Gasteiger partial charge in [0.1, 0.15) is 0 Å². The zero-order chi connectivity index (χ0) is 18.5. The van der Waals surface area contributed by atoms with Gasteiger partial charge < -0.3 is 14.6 Å². The van der Waals surface area contributed by atoms with E-state index in [0.29, 0.717) is 11.7 Å². The van der Waals surface area contributed by atoms with Crippen molar-refractivity contribution < 1.29 is 9.26 Å². The molecule has 8 heteroatoms. The minimum absolute atomic E-state index is 0.593. The molecule has 8 nitrogen and oxygen atoms in total. The number of aromatic nitrogens is 4. The van der Waals surface area contributed by atoms with Gasteiger partial charge in [-0.25, -0.2) is 9.97 Å². The Balaban J connectivity index is 1.55. The van der Waals surface area contributed by atoms with Gasteiger partial charge in [0, 0.05) is 56.4 Å². The molecule has 0 bridgehead atoms. The van der Waals surface area contributed by atoms with Crippen molar-refractivity contribution in [1.82, 2.24) is 25.0 Å². The van der Waals surface area contributed by atoms with Crippen LogP contribution in [0.15, 0.2) is 41.3 Å². The summed E-state index contributed by atoms with van der Waals surface area (Å²) in [5, 5.41) is 7.30. The van der Waals surface area contributed by atoms with Crippen LogP contribution in [0.3, 0.4) is 0 Å². The number of anilines is 1. The first-order valence-electron chi connectivity index (χ1n) is 9.05. The average molecular weight is 366 g/mol. The molecule has 0 radical (unpaired) electrons. The predicted molar refractivity (Wildman–Crippen MR) is 101 cm³/mol. The third kappa shape index (κ3) is 4.29. The van der Waals surface area contributed by atoms with Crippen molar-refractivity contribution in [2.45, 2.75) is 6.92 Å². The van der Waals surface area contributed by atoms with Crippen LogP contribution in [0.25, 0.3) is 22.6 Å². The largest absolute Gasteiger partial charge is 0.379 e. The summed E-state index contributed by atoms with van der Waals surface area (Å²) in [6.45, 7) is 7.13. The number of aryl methyl sites for hydroxylation is 1. The number of rotatable bonds is 6. The van der Waals surface area contributed by atoms with Crippen LogP contribution < -0.4 is 5.32 Å². The lowest BCUT2D eigenvalue weighted by atomic mass is 10.1. The highest BCUT2D eigenvalue weighted by molar-refractivity contribution is 5.78. The molecule has 1 fully saturated rings. The topological polar surface area (TPSA) is 89.2 Å². The third-order valence-corrected chi connectivity index (χ3v) is 4.45. The van der Waals surface area contributed by atoms with Crippen LogP contribution in [-0.2, 0) is 4.74 Å². The summed E-state index contributed by atoms with van der Waals surface area (Å²) >= 11 is 0. The molecule has 4 rings (SSSR count). The zero-order valence-electron chi connectivity index (χ0n) is 15.3. The minimum Gasteiger partial charge on any atom is -0.379 e. The molecule has 1 saturated heterocycles. The van der Waals surface area contributed by atoms with E-state index < -0.39 is 0 Å². The molecule has 27 heavy (non-hydrogen) atoms. The monoisotopic (exact) mass is 366 g/mol. The summed E-state index contributed by atoms with van der Waals surface area (Å²) in [4.78, 5) is 15.7. The van der Waals surface area contributed by atoms with Gasteiger partial charge in [0.2, 0.25) is 5.95 Å². The number of hydrogen-bond donors (Lipinski definition) is 1. The van der Waals surface area contributed by atoms with Crippen molar-refractivity contribution in [3.8, 4) is 22.6 Å². The molecule has 0 amide bonds. The van der Waals surface area contributed by atoms with Gasteiger partial charge in [0.25, 0.3) is 0 Å². The molecular formula is C19H22N6O2. The Labute approximate surface area is 157 Å². The maximum atomic E-state index is 5.43. The number of nitrogens with one attached hydrogen (secondary N) is 1. The quantitative estimate of drug-likeness (QED) is 0.710. The van der Waals surface area contributed by atoms with Crippen molar-refractivity contribution in [3.63, 3.8) is 0 Å². The van der Waals surface area contributed by atoms with Gasteiger partial charge in [0.05, 0.1) is 30.2 Å². The fourth-order valence-corrected chi connectivity index (χ4v) is 3.02. The van der Waals surface area contributed by atoms with E-state index in [0.717, 1.165) is 61.9 Å². The second-order valence-corrected chi connectivity index (χ2v) is 6.41. The van der Waals surface area contributed by atoms with Crippen molar-refractivity contribution in [2.75, 3.05) is 44.7 Å². The van der Waals surface area contributed by atoms with Crippen LogP contribution in [0.1, 0.15) is 5.69 Å². The van der Waals surface area contributed by atoms with Crippen molar-refractivity contribution in [1.29, 1.82) is 0 Å². The Morgan fingerprint density at radius 1 is 1.19 bits per heavy atom. The normalized spacial score (nSPS) is 15.0. The van der Waals surface area contributed by atoms with E-state index >= 15 is 0 Å². The predicted octanol–water partition coefficient (Wildman–Crippen LogP) is 2.25. The van der Waals surface area contributed by atoms with Crippen LogP contribution >= 0.6 is 0 Å². The van der Waals surface area contributed by atoms with Gasteiger partial charge in [-0.2, -0.15) is 0 Å². The molecule has 1 aliphatic heterocycles. The number of nitrogens with zero attached hydrogens (tertiary/aromatic N) is 5. The van der Waals surface area contributed by atoms with Crippen molar-refractivity contribution in [3.05, 3.63) is 42.5 Å². The van der Waals surface area contributed by atoms with Crippen LogP contribution in [0, 0.1) is 6.92 Å². The first kappa shape index (κ1) is 17.6. The number of pyridine rings is 1. The van der Waals surface area contributed by atoms with E-state index in [2.05, 4.69) is 25.3 Å². The number of ether oxygens (including phenoxy) is 1. The standard InChI is InChI=1S/C19H22N6O2/c1-14-12-17(27-24-14)16-13-22-19(21-6-7-25-8-10-26-11-9-25)23-18(16)15-2-4-20-5-3-15/h2-5,12-13H,6-11H2,1H3,(H,21,22,23). The molecule has 1 aliphatic rings. The maximum absolute atomic E-state index is 5.43. The van der Waals surface area contributed by atoms with Gasteiger partial charge in [0.15, 0.2) is 5.76 Å². The first-order chi connectivity index (χ1) is 13.3. The highest BCUT2D eigenvalue weighted by Gasteiger charge is 2.16. The number of morpholine rings is 1. The Morgan fingerprint density at radius 2 is 2.00 bits per heavy atom. The molecule has 1 N–H and O–H groups in total. The highest BCUT2D eigenvalue weighted by Crippen LogP contribution is 2.30. The van der Waals surface area contributed by atoms with E-state index in [-0.39, 0.29) is 0 Å². The lowest BCUT2D eigenvalue weighted by Crippen LogP contribution is -2.39. The Morgan fingerprint density at radius 3 is 2.74 bits per heavy atom. The van der Waals surface area contributed by atoms with Gasteiger partial charge in [-0.05, 0) is 19.1 Å². The molecule has 3 aromatic heterocycles. The van der Waals surface area contributed by atoms with Gasteiger partial charge in [-0.1, -0.05) is 5.16 Å². The molecule has 0 spiro atoms. The van der Waals surface area contributed by atoms with Crippen LogP contribution in [-0.4, -0.2) is 64.4 Å². The van der Waals surface area contributed by atoms with E-state index in [4.69, 9.17) is 14.2 Å². The van der Waals surface area contributed by atoms with Gasteiger partial charge in [-0.15, -0.1) is 0 Å². The minimum atomic E-state index is 0.593. The lowest BCUT2D eigenvalue weighted by Gasteiger charge is -2.26. The zero-order valence-corrected chi connectivity index (χ0v) is 15.3. The van der Waals surface area contributed by atoms with E-state index in [1.54, 1.807) is 18.6 Å². The number of hydrogen-bond acceptors (Lipinski definition) is 8. The van der Waals surface area contributed by atoms with Crippen molar-refractivity contribution >= 4 is 5.95 Å². The van der Waals surface area contributed by atoms with Crippen LogP contribution in [0.2, 0.25) is 0 Å². The molecule has 0 unspecified atom stereocenters. The summed E-state index contributed by atoms with van der Waals surface area (Å²) in [5.74, 6) is 1.24. The fourth-order valence-electron chi connectivity index (χ4n) is 3.02. The Hall–Kier alpha value is -2.84. The second-order valence-electron chi connectivity index (χ2n) is 6.41. The van der Waals surface area contributed by atoms with Crippen LogP contribution in [0.5, 0.6) is 0 Å². The third-order valence-electron chi connectivity index (χ3n) is 4.45. The summed E-state index contributed by atoms with van der Waals surface area (Å²) in [5.41, 5.74) is 3.36. The second kappa shape index (κ2) is 8.24. The lowest BCUT2D eigenvalue weighted by molar-refractivity contribution is 0.0398. The SMILES string of the molecule is Cc1cc(-c2cnc(NCCN3CCOCC3)nc2-c2ccncc2)on1. The van der Waals surface area contributed by atoms with Crippen molar-refractivity contribution in [2.24, 2.45) is 0 Å². The molecule has 3 aromatic rings. The Kier molecular flexibility index (Phi) is 5.36. The molecule has 140 valence electrons. The fraction of sp³-hybridized carbons (Fsp3) is 0.368. The van der Waals surface area contributed by atoms with Gasteiger partial charge in [-0.3, -0.25) is 9.88 Å². The van der Waals surface area contributed by atoms with E-state index in [1.165, 1.54) is 0 Å². The molecular weight excluding hydrogens is 344 g/mol. The van der Waals surface area contributed by atoms with Gasteiger partial charge >= 0.3 is 0 Å². The molecule has 0 atom stereocenters. The summed E-state index contributed by atoms with van der Waals surface area (Å²) in [6.07, 6.45) is 5.27. The van der Waals surface area contributed by atoms with E-state index in [1.807, 2.05) is 25.1 Å². The molecule has 0 saturated carbocycles. The summed E-state index contributed by atoms with van der Waals surface area (Å²) < 4.78 is 10.8. The van der Waals surface area contributed by atoms with E-state index in [9.17, 15) is 0 Å². The van der Waals surface area contributed by atoms with Crippen LogP contribution in [0.4, 0.5) is 5.95 Å². The summed E-state index contributed by atoms with van der Waals surface area (Å²) in [7, 11) is 0. The molecule has 0 aromatic carbocycles. The maximum Gasteiger partial charge on any atom is 0.223 e. The smallest absolute Gasteiger partial charge is 0.223 e. The average Bonchev–Trinajstić information content (AvgIpc) is 3.15. The molecule has 0 aliphatic carbocycles. The molecule has 4 heterocycles.